The Hall–Kier alpha value is -3.14. The second-order valence-electron chi connectivity index (χ2n) is 5.57. The van der Waals surface area contributed by atoms with Gasteiger partial charge in [-0.15, -0.1) is 0 Å². The molecule has 0 saturated carbocycles. The summed E-state index contributed by atoms with van der Waals surface area (Å²) < 4.78 is 44.7. The molecule has 0 aliphatic rings. The summed E-state index contributed by atoms with van der Waals surface area (Å²) in [6, 6.07) is 12.0. The number of nitrogens with zero attached hydrogens (tertiary/aromatic N) is 2. The summed E-state index contributed by atoms with van der Waals surface area (Å²) >= 11 is 3.22. The van der Waals surface area contributed by atoms with Crippen LogP contribution in [-0.2, 0) is 6.18 Å². The second kappa shape index (κ2) is 7.85. The van der Waals surface area contributed by atoms with E-state index >= 15 is 0 Å². The third kappa shape index (κ3) is 4.58. The SMILES string of the molecule is O=[N+]([O-])c1ccc(NN=Cc2ccc(-c3cc(C(F)(F)F)ccc3Br)o2)cc1. The molecular weight excluding hydrogens is 443 g/mol. The zero-order valence-electron chi connectivity index (χ0n) is 13.9. The Bertz CT molecular complexity index is 1030. The van der Waals surface area contributed by atoms with Gasteiger partial charge in [-0.25, -0.2) is 0 Å². The molecule has 0 aliphatic heterocycles. The molecule has 1 aromatic heterocycles. The lowest BCUT2D eigenvalue weighted by atomic mass is 10.1. The molecule has 0 unspecified atom stereocenters. The minimum atomic E-state index is -4.46. The molecule has 0 spiro atoms. The zero-order chi connectivity index (χ0) is 20.3. The number of rotatable bonds is 5. The van der Waals surface area contributed by atoms with E-state index in [1.807, 2.05) is 0 Å². The van der Waals surface area contributed by atoms with Gasteiger partial charge < -0.3 is 4.42 Å². The molecule has 10 heteroatoms. The van der Waals surface area contributed by atoms with E-state index in [1.54, 1.807) is 6.07 Å². The van der Waals surface area contributed by atoms with Gasteiger partial charge in [-0.3, -0.25) is 15.5 Å². The number of hydrogen-bond donors (Lipinski definition) is 1. The van der Waals surface area contributed by atoms with Crippen LogP contribution in [0.25, 0.3) is 11.3 Å². The van der Waals surface area contributed by atoms with Crippen molar-refractivity contribution in [2.75, 3.05) is 5.43 Å². The smallest absolute Gasteiger partial charge is 0.416 e. The normalized spacial score (nSPS) is 11.7. The van der Waals surface area contributed by atoms with Crippen LogP contribution >= 0.6 is 15.9 Å². The Labute approximate surface area is 165 Å². The first-order valence-corrected chi connectivity index (χ1v) is 8.54. The van der Waals surface area contributed by atoms with E-state index in [2.05, 4.69) is 26.5 Å². The van der Waals surface area contributed by atoms with Gasteiger partial charge in [0, 0.05) is 22.2 Å². The Morgan fingerprint density at radius 2 is 1.82 bits per heavy atom. The molecule has 1 N–H and O–H groups in total. The average Bonchev–Trinajstić information content (AvgIpc) is 3.10. The molecule has 0 saturated heterocycles. The first kappa shape index (κ1) is 19.6. The fourth-order valence-electron chi connectivity index (χ4n) is 2.29. The number of nitro benzene ring substituents is 1. The largest absolute Gasteiger partial charge is 0.455 e. The predicted molar refractivity (Wildman–Crippen MR) is 101 cm³/mol. The number of halogens is 4. The van der Waals surface area contributed by atoms with E-state index in [9.17, 15) is 23.3 Å². The van der Waals surface area contributed by atoms with E-state index in [0.29, 0.717) is 15.9 Å². The van der Waals surface area contributed by atoms with Crippen molar-refractivity contribution in [2.24, 2.45) is 5.10 Å². The summed E-state index contributed by atoms with van der Waals surface area (Å²) in [6.07, 6.45) is -3.12. The van der Waals surface area contributed by atoms with Crippen LogP contribution in [0, 0.1) is 10.1 Å². The van der Waals surface area contributed by atoms with Gasteiger partial charge in [0.15, 0.2) is 0 Å². The Morgan fingerprint density at radius 3 is 2.46 bits per heavy atom. The average molecular weight is 454 g/mol. The van der Waals surface area contributed by atoms with Crippen molar-refractivity contribution >= 4 is 33.5 Å². The highest BCUT2D eigenvalue weighted by Gasteiger charge is 2.31. The molecule has 0 atom stereocenters. The standard InChI is InChI=1S/C18H11BrF3N3O3/c19-16-7-1-11(18(20,21)22)9-15(16)17-8-6-14(28-17)10-23-24-12-2-4-13(5-3-12)25(26)27/h1-10,24H. The summed E-state index contributed by atoms with van der Waals surface area (Å²) in [5.41, 5.74) is 2.64. The number of nitrogens with one attached hydrogen (secondary N) is 1. The van der Waals surface area contributed by atoms with Gasteiger partial charge in [0.05, 0.1) is 22.4 Å². The minimum absolute atomic E-state index is 0.0446. The van der Waals surface area contributed by atoms with Gasteiger partial charge >= 0.3 is 6.18 Å². The van der Waals surface area contributed by atoms with Gasteiger partial charge in [0.1, 0.15) is 11.5 Å². The van der Waals surface area contributed by atoms with Crippen molar-refractivity contribution in [2.45, 2.75) is 6.18 Å². The molecule has 0 aliphatic carbocycles. The lowest BCUT2D eigenvalue weighted by molar-refractivity contribution is -0.384. The van der Waals surface area contributed by atoms with Gasteiger partial charge in [-0.1, -0.05) is 15.9 Å². The van der Waals surface area contributed by atoms with Crippen molar-refractivity contribution in [1.29, 1.82) is 0 Å². The van der Waals surface area contributed by atoms with Crippen LogP contribution in [0.4, 0.5) is 24.5 Å². The van der Waals surface area contributed by atoms with Crippen LogP contribution in [0.3, 0.4) is 0 Å². The first-order valence-electron chi connectivity index (χ1n) is 7.74. The van der Waals surface area contributed by atoms with Gasteiger partial charge in [0.25, 0.3) is 5.69 Å². The maximum atomic E-state index is 12.9. The number of hydrogen-bond acceptors (Lipinski definition) is 5. The Balaban J connectivity index is 1.74. The minimum Gasteiger partial charge on any atom is -0.455 e. The first-order chi connectivity index (χ1) is 13.2. The van der Waals surface area contributed by atoms with Gasteiger partial charge in [0.2, 0.25) is 0 Å². The molecule has 0 amide bonds. The van der Waals surface area contributed by atoms with Crippen LogP contribution in [-0.4, -0.2) is 11.1 Å². The fraction of sp³-hybridized carbons (Fsp3) is 0.0556. The highest BCUT2D eigenvalue weighted by atomic mass is 79.9. The monoisotopic (exact) mass is 453 g/mol. The third-order valence-corrected chi connectivity index (χ3v) is 4.34. The van der Waals surface area contributed by atoms with Crippen molar-refractivity contribution in [3.63, 3.8) is 0 Å². The van der Waals surface area contributed by atoms with Crippen LogP contribution < -0.4 is 5.43 Å². The summed E-state index contributed by atoms with van der Waals surface area (Å²) in [7, 11) is 0. The van der Waals surface area contributed by atoms with Crippen LogP contribution in [0.1, 0.15) is 11.3 Å². The van der Waals surface area contributed by atoms with E-state index in [1.165, 1.54) is 42.6 Å². The van der Waals surface area contributed by atoms with E-state index in [-0.39, 0.29) is 17.0 Å². The van der Waals surface area contributed by atoms with E-state index < -0.39 is 16.7 Å². The van der Waals surface area contributed by atoms with Crippen LogP contribution in [0.2, 0.25) is 0 Å². The van der Waals surface area contributed by atoms with Crippen molar-refractivity contribution in [1.82, 2.24) is 0 Å². The number of nitro groups is 1. The topological polar surface area (TPSA) is 80.7 Å². The number of non-ortho nitro benzene ring substituents is 1. The molecule has 1 heterocycles. The third-order valence-electron chi connectivity index (χ3n) is 3.65. The Kier molecular flexibility index (Phi) is 5.50. The molecule has 2 aromatic carbocycles. The van der Waals surface area contributed by atoms with Crippen LogP contribution in [0.5, 0.6) is 0 Å². The quantitative estimate of drug-likeness (QED) is 0.288. The molecular formula is C18H11BrF3N3O3. The summed E-state index contributed by atoms with van der Waals surface area (Å²) in [5, 5.41) is 14.6. The molecule has 3 aromatic rings. The van der Waals surface area contributed by atoms with Crippen molar-refractivity contribution in [3.05, 3.63) is 80.5 Å². The van der Waals surface area contributed by atoms with Crippen molar-refractivity contribution < 1.29 is 22.5 Å². The molecule has 0 fully saturated rings. The van der Waals surface area contributed by atoms with Crippen molar-refractivity contribution in [3.8, 4) is 11.3 Å². The zero-order valence-corrected chi connectivity index (χ0v) is 15.5. The lowest BCUT2D eigenvalue weighted by Gasteiger charge is -2.09. The summed E-state index contributed by atoms with van der Waals surface area (Å²) in [5.74, 6) is 0.559. The summed E-state index contributed by atoms with van der Waals surface area (Å²) in [6.45, 7) is 0. The molecule has 3 rings (SSSR count). The highest BCUT2D eigenvalue weighted by Crippen LogP contribution is 2.36. The number of anilines is 1. The number of furan rings is 1. The van der Waals surface area contributed by atoms with Crippen LogP contribution in [0.15, 0.2) is 68.6 Å². The molecule has 6 nitrogen and oxygen atoms in total. The maximum Gasteiger partial charge on any atom is 0.416 e. The number of alkyl halides is 3. The molecule has 0 radical (unpaired) electrons. The predicted octanol–water partition coefficient (Wildman–Crippen LogP) is 6.08. The second-order valence-corrected chi connectivity index (χ2v) is 6.42. The van der Waals surface area contributed by atoms with Gasteiger partial charge in [-0.2, -0.15) is 18.3 Å². The molecule has 144 valence electrons. The Morgan fingerprint density at radius 1 is 1.11 bits per heavy atom. The summed E-state index contributed by atoms with van der Waals surface area (Å²) in [4.78, 5) is 10.1. The molecule has 28 heavy (non-hydrogen) atoms. The highest BCUT2D eigenvalue weighted by molar-refractivity contribution is 9.10. The number of benzene rings is 2. The lowest BCUT2D eigenvalue weighted by Crippen LogP contribution is -2.04. The van der Waals surface area contributed by atoms with E-state index in [0.717, 1.165) is 12.1 Å². The molecule has 0 bridgehead atoms. The number of hydrazone groups is 1. The van der Waals surface area contributed by atoms with Gasteiger partial charge in [-0.05, 0) is 42.5 Å². The fourth-order valence-corrected chi connectivity index (χ4v) is 2.73. The van der Waals surface area contributed by atoms with E-state index in [4.69, 9.17) is 4.42 Å². The maximum absolute atomic E-state index is 12.9.